The minimum atomic E-state index is 0.0121. The van der Waals surface area contributed by atoms with Gasteiger partial charge in [-0.15, -0.1) is 0 Å². The maximum atomic E-state index is 11.5. The molecule has 0 bridgehead atoms. The van der Waals surface area contributed by atoms with Crippen LogP contribution in [0, 0.1) is 5.92 Å². The van der Waals surface area contributed by atoms with Gasteiger partial charge >= 0.3 is 0 Å². The van der Waals surface area contributed by atoms with Gasteiger partial charge in [-0.05, 0) is 31.4 Å². The van der Waals surface area contributed by atoms with Gasteiger partial charge in [0.1, 0.15) is 17.3 Å². The second-order valence-corrected chi connectivity index (χ2v) is 5.06. The van der Waals surface area contributed by atoms with Crippen molar-refractivity contribution >= 4 is 11.6 Å². The first kappa shape index (κ1) is 12.2. The van der Waals surface area contributed by atoms with Gasteiger partial charge < -0.3 is 9.47 Å². The number of rotatable bonds is 4. The number of hydrogen-bond donors (Lipinski definition) is 0. The van der Waals surface area contributed by atoms with E-state index in [4.69, 9.17) is 9.47 Å². The van der Waals surface area contributed by atoms with E-state index in [9.17, 15) is 9.59 Å². The van der Waals surface area contributed by atoms with Crippen LogP contribution in [0.15, 0.2) is 18.2 Å². The van der Waals surface area contributed by atoms with Crippen molar-refractivity contribution in [2.45, 2.75) is 25.7 Å². The van der Waals surface area contributed by atoms with Crippen molar-refractivity contribution in [2.24, 2.45) is 5.92 Å². The molecular weight excluding hydrogens is 244 g/mol. The zero-order chi connectivity index (χ0) is 13.2. The van der Waals surface area contributed by atoms with Gasteiger partial charge in [-0.1, -0.05) is 0 Å². The minimum Gasteiger partial charge on any atom is -0.493 e. The predicted octanol–water partition coefficient (Wildman–Crippen LogP) is 2.40. The van der Waals surface area contributed by atoms with Crippen molar-refractivity contribution in [1.29, 1.82) is 0 Å². The largest absolute Gasteiger partial charge is 0.493 e. The third-order valence-corrected chi connectivity index (χ3v) is 3.78. The van der Waals surface area contributed by atoms with Crippen molar-refractivity contribution in [2.75, 3.05) is 13.2 Å². The Morgan fingerprint density at radius 2 is 2.21 bits per heavy atom. The van der Waals surface area contributed by atoms with Crippen LogP contribution in [0.4, 0.5) is 0 Å². The smallest absolute Gasteiger partial charge is 0.203 e. The van der Waals surface area contributed by atoms with Gasteiger partial charge in [0.05, 0.1) is 12.2 Å². The fourth-order valence-corrected chi connectivity index (χ4v) is 2.68. The molecular formula is C15H16O4. The molecule has 19 heavy (non-hydrogen) atoms. The maximum Gasteiger partial charge on any atom is 0.203 e. The van der Waals surface area contributed by atoms with Crippen LogP contribution in [0.5, 0.6) is 11.5 Å². The number of benzene rings is 1. The number of hydrogen-bond acceptors (Lipinski definition) is 4. The van der Waals surface area contributed by atoms with Crippen molar-refractivity contribution in [3.63, 3.8) is 0 Å². The first-order chi connectivity index (χ1) is 9.24. The Bertz CT molecular complexity index is 521. The first-order valence-corrected chi connectivity index (χ1v) is 6.69. The van der Waals surface area contributed by atoms with Gasteiger partial charge in [0.15, 0.2) is 6.61 Å². The van der Waals surface area contributed by atoms with Crippen molar-refractivity contribution in [3.8, 4) is 11.5 Å². The summed E-state index contributed by atoms with van der Waals surface area (Å²) in [6, 6.07) is 5.26. The van der Waals surface area contributed by atoms with E-state index in [1.54, 1.807) is 18.2 Å². The fraction of sp³-hybridized carbons (Fsp3) is 0.467. The molecule has 2 aliphatic rings. The molecule has 0 saturated heterocycles. The summed E-state index contributed by atoms with van der Waals surface area (Å²) >= 11 is 0. The van der Waals surface area contributed by atoms with Gasteiger partial charge in [-0.2, -0.15) is 0 Å². The number of ketones is 2. The Morgan fingerprint density at radius 1 is 1.32 bits per heavy atom. The highest BCUT2D eigenvalue weighted by Gasteiger charge is 2.24. The van der Waals surface area contributed by atoms with E-state index in [1.165, 1.54) is 0 Å². The summed E-state index contributed by atoms with van der Waals surface area (Å²) in [6.07, 6.45) is 3.50. The number of fused-ring (bicyclic) bond motifs is 1. The molecule has 1 aliphatic carbocycles. The molecule has 3 rings (SSSR count). The zero-order valence-corrected chi connectivity index (χ0v) is 10.7. The summed E-state index contributed by atoms with van der Waals surface area (Å²) in [5.74, 6) is 1.84. The summed E-state index contributed by atoms with van der Waals surface area (Å²) in [7, 11) is 0. The standard InChI is InChI=1S/C15H16O4/c16-13-3-1-2-10(13)6-7-18-11-4-5-12-14(17)9-19-15(12)8-11/h4-5,8,10H,1-3,6-7,9H2. The Balaban J connectivity index is 1.56. The molecule has 4 heteroatoms. The summed E-state index contributed by atoms with van der Waals surface area (Å²) < 4.78 is 10.9. The second-order valence-electron chi connectivity index (χ2n) is 5.06. The summed E-state index contributed by atoms with van der Waals surface area (Å²) in [5.41, 5.74) is 0.623. The molecule has 100 valence electrons. The topological polar surface area (TPSA) is 52.6 Å². The highest BCUT2D eigenvalue weighted by atomic mass is 16.5. The van der Waals surface area contributed by atoms with E-state index < -0.39 is 0 Å². The lowest BCUT2D eigenvalue weighted by Crippen LogP contribution is -2.11. The lowest BCUT2D eigenvalue weighted by atomic mass is 10.0. The predicted molar refractivity (Wildman–Crippen MR) is 68.7 cm³/mol. The first-order valence-electron chi connectivity index (χ1n) is 6.69. The van der Waals surface area contributed by atoms with Crippen molar-refractivity contribution in [3.05, 3.63) is 23.8 Å². The van der Waals surface area contributed by atoms with E-state index in [-0.39, 0.29) is 18.3 Å². The van der Waals surface area contributed by atoms with Gasteiger partial charge in [0.25, 0.3) is 0 Å². The lowest BCUT2D eigenvalue weighted by molar-refractivity contribution is -0.121. The van der Waals surface area contributed by atoms with Crippen LogP contribution in [0.25, 0.3) is 0 Å². The molecule has 4 nitrogen and oxygen atoms in total. The Kier molecular flexibility index (Phi) is 3.23. The second kappa shape index (κ2) is 5.03. The monoisotopic (exact) mass is 260 g/mol. The van der Waals surface area contributed by atoms with Crippen LogP contribution in [0.3, 0.4) is 0 Å². The molecule has 0 N–H and O–H groups in total. The number of carbonyl (C=O) groups excluding carboxylic acids is 2. The molecule has 0 radical (unpaired) electrons. The molecule has 0 amide bonds. The average Bonchev–Trinajstić information content (AvgIpc) is 2.97. The van der Waals surface area contributed by atoms with Gasteiger partial charge in [-0.3, -0.25) is 9.59 Å². The molecule has 0 spiro atoms. The van der Waals surface area contributed by atoms with Crippen LogP contribution in [0.1, 0.15) is 36.0 Å². The highest BCUT2D eigenvalue weighted by molar-refractivity contribution is 6.02. The van der Waals surface area contributed by atoms with Gasteiger partial charge in [0.2, 0.25) is 5.78 Å². The molecule has 1 heterocycles. The van der Waals surface area contributed by atoms with Gasteiger partial charge in [0, 0.05) is 18.4 Å². The molecule has 1 aliphatic heterocycles. The third kappa shape index (κ3) is 2.48. The van der Waals surface area contributed by atoms with Crippen LogP contribution >= 0.6 is 0 Å². The van der Waals surface area contributed by atoms with Crippen LogP contribution < -0.4 is 9.47 Å². The third-order valence-electron chi connectivity index (χ3n) is 3.78. The van der Waals surface area contributed by atoms with E-state index in [1.807, 2.05) is 0 Å². The van der Waals surface area contributed by atoms with E-state index in [0.717, 1.165) is 25.7 Å². The SMILES string of the molecule is O=C1COc2cc(OCCC3CCCC3=O)ccc21. The summed E-state index contributed by atoms with van der Waals surface area (Å²) in [5, 5.41) is 0. The summed E-state index contributed by atoms with van der Waals surface area (Å²) in [6.45, 7) is 0.651. The van der Waals surface area contributed by atoms with Crippen molar-refractivity contribution < 1.29 is 19.1 Å². The Morgan fingerprint density at radius 3 is 3.00 bits per heavy atom. The number of ether oxygens (including phenoxy) is 2. The zero-order valence-electron chi connectivity index (χ0n) is 10.7. The van der Waals surface area contributed by atoms with Crippen molar-refractivity contribution in [1.82, 2.24) is 0 Å². The molecule has 1 unspecified atom stereocenters. The van der Waals surface area contributed by atoms with Crippen LogP contribution in [-0.2, 0) is 4.79 Å². The quantitative estimate of drug-likeness (QED) is 0.834. The molecule has 1 saturated carbocycles. The summed E-state index contributed by atoms with van der Waals surface area (Å²) in [4.78, 5) is 22.9. The maximum absolute atomic E-state index is 11.5. The molecule has 1 fully saturated rings. The number of Topliss-reactive ketones (excluding diaryl/α,β-unsaturated/α-hetero) is 2. The molecule has 1 atom stereocenters. The lowest BCUT2D eigenvalue weighted by Gasteiger charge is -2.10. The fourth-order valence-electron chi connectivity index (χ4n) is 2.68. The molecule has 1 aromatic carbocycles. The highest BCUT2D eigenvalue weighted by Crippen LogP contribution is 2.30. The van der Waals surface area contributed by atoms with E-state index in [0.29, 0.717) is 29.5 Å². The van der Waals surface area contributed by atoms with E-state index >= 15 is 0 Å². The number of carbonyl (C=O) groups is 2. The molecule has 0 aromatic heterocycles. The Hall–Kier alpha value is -1.84. The normalized spacial score (nSPS) is 21.4. The van der Waals surface area contributed by atoms with Crippen LogP contribution in [-0.4, -0.2) is 24.8 Å². The van der Waals surface area contributed by atoms with Gasteiger partial charge in [-0.25, -0.2) is 0 Å². The van der Waals surface area contributed by atoms with E-state index in [2.05, 4.69) is 0 Å². The Labute approximate surface area is 111 Å². The molecule has 1 aromatic rings. The minimum absolute atomic E-state index is 0.0121. The van der Waals surface area contributed by atoms with Crippen LogP contribution in [0.2, 0.25) is 0 Å². The average molecular weight is 260 g/mol.